The Morgan fingerprint density at radius 1 is 1.28 bits per heavy atom. The topological polar surface area (TPSA) is 50.7 Å². The first kappa shape index (κ1) is 13.3. The van der Waals surface area contributed by atoms with Crippen molar-refractivity contribution < 1.29 is 14.6 Å². The van der Waals surface area contributed by atoms with Gasteiger partial charge in [-0.15, -0.1) is 0 Å². The van der Waals surface area contributed by atoms with Crippen molar-refractivity contribution in [2.24, 2.45) is 0 Å². The fraction of sp³-hybridized carbons (Fsp3) is 0.538. The van der Waals surface area contributed by atoms with E-state index < -0.39 is 0 Å². The Balaban J connectivity index is 2.51. The maximum absolute atomic E-state index is 9.88. The van der Waals surface area contributed by atoms with Crippen molar-refractivity contribution in [2.75, 3.05) is 27.3 Å². The second-order valence-electron chi connectivity index (χ2n) is 4.38. The van der Waals surface area contributed by atoms with Gasteiger partial charge in [0.05, 0.1) is 19.2 Å². The van der Waals surface area contributed by atoms with Crippen molar-refractivity contribution in [2.45, 2.75) is 18.8 Å². The maximum Gasteiger partial charge on any atom is 0.165 e. The van der Waals surface area contributed by atoms with Gasteiger partial charge in [-0.1, -0.05) is 11.6 Å². The van der Waals surface area contributed by atoms with Crippen LogP contribution in [-0.2, 0) is 0 Å². The molecule has 1 aromatic rings. The third kappa shape index (κ3) is 2.35. The number of phenols is 1. The summed E-state index contributed by atoms with van der Waals surface area (Å²) in [6.45, 7) is 1.89. The average molecular weight is 272 g/mol. The second-order valence-corrected chi connectivity index (χ2v) is 4.76. The van der Waals surface area contributed by atoms with E-state index >= 15 is 0 Å². The highest BCUT2D eigenvalue weighted by atomic mass is 35.5. The third-order valence-corrected chi connectivity index (χ3v) is 3.77. The van der Waals surface area contributed by atoms with Crippen LogP contribution in [0.5, 0.6) is 17.2 Å². The highest BCUT2D eigenvalue weighted by molar-refractivity contribution is 6.33. The highest BCUT2D eigenvalue weighted by Crippen LogP contribution is 2.47. The predicted molar refractivity (Wildman–Crippen MR) is 71.1 cm³/mol. The molecule has 0 atom stereocenters. The van der Waals surface area contributed by atoms with Gasteiger partial charge < -0.3 is 19.9 Å². The summed E-state index contributed by atoms with van der Waals surface area (Å²) in [6.07, 6.45) is 1.95. The van der Waals surface area contributed by atoms with Crippen molar-refractivity contribution >= 4 is 11.6 Å². The van der Waals surface area contributed by atoms with Crippen molar-refractivity contribution in [3.8, 4) is 17.2 Å². The van der Waals surface area contributed by atoms with Gasteiger partial charge in [0.1, 0.15) is 5.75 Å². The van der Waals surface area contributed by atoms with Crippen LogP contribution in [0, 0.1) is 0 Å². The molecular weight excluding hydrogens is 254 g/mol. The Bertz CT molecular complexity index is 431. The Hall–Kier alpha value is -1.13. The highest BCUT2D eigenvalue weighted by Gasteiger charge is 2.26. The summed E-state index contributed by atoms with van der Waals surface area (Å²) in [5.74, 6) is 1.48. The van der Waals surface area contributed by atoms with Crippen molar-refractivity contribution in [3.05, 3.63) is 16.7 Å². The number of benzene rings is 1. The molecule has 18 heavy (non-hydrogen) atoms. The number of ether oxygens (including phenoxy) is 2. The number of hydrogen-bond acceptors (Lipinski definition) is 4. The number of piperidine rings is 1. The summed E-state index contributed by atoms with van der Waals surface area (Å²) in [6, 6.07) is 1.49. The summed E-state index contributed by atoms with van der Waals surface area (Å²) in [4.78, 5) is 0. The Morgan fingerprint density at radius 2 is 1.94 bits per heavy atom. The van der Waals surface area contributed by atoms with E-state index in [0.717, 1.165) is 31.5 Å². The van der Waals surface area contributed by atoms with Crippen LogP contribution < -0.4 is 14.8 Å². The molecule has 100 valence electrons. The minimum Gasteiger partial charge on any atom is -0.506 e. The molecule has 5 heteroatoms. The van der Waals surface area contributed by atoms with Crippen molar-refractivity contribution in [1.82, 2.24) is 5.32 Å². The number of methoxy groups -OCH3 is 2. The van der Waals surface area contributed by atoms with Crippen LogP contribution in [0.25, 0.3) is 0 Å². The molecule has 0 radical (unpaired) electrons. The molecule has 1 aromatic carbocycles. The van der Waals surface area contributed by atoms with Crippen LogP contribution in [0.3, 0.4) is 0 Å². The van der Waals surface area contributed by atoms with E-state index in [1.54, 1.807) is 14.2 Å². The Kier molecular flexibility index (Phi) is 4.19. The molecule has 0 aliphatic carbocycles. The molecule has 1 fully saturated rings. The van der Waals surface area contributed by atoms with Crippen LogP contribution in [-0.4, -0.2) is 32.4 Å². The van der Waals surface area contributed by atoms with Crippen molar-refractivity contribution in [3.63, 3.8) is 0 Å². The van der Waals surface area contributed by atoms with E-state index in [1.165, 1.54) is 6.07 Å². The van der Waals surface area contributed by atoms with E-state index in [-0.39, 0.29) is 11.7 Å². The lowest BCUT2D eigenvalue weighted by molar-refractivity contribution is 0.340. The first-order valence-corrected chi connectivity index (χ1v) is 6.40. The number of rotatable bonds is 3. The molecular formula is C13H18ClNO3. The van der Waals surface area contributed by atoms with Crippen molar-refractivity contribution in [1.29, 1.82) is 0 Å². The summed E-state index contributed by atoms with van der Waals surface area (Å²) in [7, 11) is 3.15. The SMILES string of the molecule is COc1cc(O)c(Cl)c(C2CCNCC2)c1OC. The fourth-order valence-electron chi connectivity index (χ4n) is 2.46. The minimum atomic E-state index is 0.0443. The van der Waals surface area contributed by atoms with E-state index in [4.69, 9.17) is 21.1 Å². The maximum atomic E-state index is 9.88. The zero-order valence-corrected chi connectivity index (χ0v) is 11.4. The van der Waals surface area contributed by atoms with Gasteiger partial charge >= 0.3 is 0 Å². The molecule has 0 bridgehead atoms. The van der Waals surface area contributed by atoms with Gasteiger partial charge in [0.15, 0.2) is 11.5 Å². The average Bonchev–Trinajstić information content (AvgIpc) is 2.42. The first-order chi connectivity index (χ1) is 8.69. The predicted octanol–water partition coefficient (Wildman–Crippen LogP) is 2.53. The summed E-state index contributed by atoms with van der Waals surface area (Å²) in [5, 5.41) is 13.6. The van der Waals surface area contributed by atoms with Gasteiger partial charge in [-0.3, -0.25) is 0 Å². The molecule has 1 aliphatic rings. The number of aromatic hydroxyl groups is 1. The molecule has 0 unspecified atom stereocenters. The number of halogens is 1. The minimum absolute atomic E-state index is 0.0443. The fourth-order valence-corrected chi connectivity index (χ4v) is 2.76. The molecule has 0 aromatic heterocycles. The number of nitrogens with one attached hydrogen (secondary N) is 1. The zero-order valence-electron chi connectivity index (χ0n) is 10.6. The molecule has 0 spiro atoms. The Morgan fingerprint density at radius 3 is 2.50 bits per heavy atom. The quantitative estimate of drug-likeness (QED) is 0.887. The molecule has 1 heterocycles. The van der Waals surface area contributed by atoms with E-state index in [2.05, 4.69) is 5.32 Å². The first-order valence-electron chi connectivity index (χ1n) is 6.03. The third-order valence-electron chi connectivity index (χ3n) is 3.37. The van der Waals surface area contributed by atoms with Crippen LogP contribution in [0.4, 0.5) is 0 Å². The molecule has 4 nitrogen and oxygen atoms in total. The van der Waals surface area contributed by atoms with E-state index in [1.807, 2.05) is 0 Å². The molecule has 0 saturated carbocycles. The molecule has 0 amide bonds. The lowest BCUT2D eigenvalue weighted by Gasteiger charge is -2.26. The summed E-state index contributed by atoms with van der Waals surface area (Å²) < 4.78 is 10.7. The van der Waals surface area contributed by atoms with Gasteiger partial charge in [0, 0.05) is 11.6 Å². The monoisotopic (exact) mass is 271 g/mol. The molecule has 1 aliphatic heterocycles. The van der Waals surface area contributed by atoms with Crippen LogP contribution in [0.1, 0.15) is 24.3 Å². The van der Waals surface area contributed by atoms with Crippen LogP contribution in [0.2, 0.25) is 5.02 Å². The van der Waals surface area contributed by atoms with Gasteiger partial charge in [-0.25, -0.2) is 0 Å². The molecule has 2 N–H and O–H groups in total. The van der Waals surface area contributed by atoms with Gasteiger partial charge in [0.25, 0.3) is 0 Å². The number of phenolic OH excluding ortho intramolecular Hbond substituents is 1. The summed E-state index contributed by atoms with van der Waals surface area (Å²) >= 11 is 6.23. The molecule has 2 rings (SSSR count). The van der Waals surface area contributed by atoms with E-state index in [9.17, 15) is 5.11 Å². The lowest BCUT2D eigenvalue weighted by atomic mass is 9.89. The second kappa shape index (κ2) is 5.67. The zero-order chi connectivity index (χ0) is 13.1. The van der Waals surface area contributed by atoms with Gasteiger partial charge in [0.2, 0.25) is 0 Å². The lowest BCUT2D eigenvalue weighted by Crippen LogP contribution is -2.27. The standard InChI is InChI=1S/C13H18ClNO3/c1-17-10-7-9(16)12(14)11(13(10)18-2)8-3-5-15-6-4-8/h7-8,15-16H,3-6H2,1-2H3. The van der Waals surface area contributed by atoms with E-state index in [0.29, 0.717) is 16.5 Å². The molecule has 1 saturated heterocycles. The normalized spacial score (nSPS) is 16.6. The number of hydrogen-bond donors (Lipinski definition) is 2. The van der Waals surface area contributed by atoms with Crippen LogP contribution in [0.15, 0.2) is 6.07 Å². The van der Waals surface area contributed by atoms with Gasteiger partial charge in [-0.2, -0.15) is 0 Å². The van der Waals surface area contributed by atoms with Crippen LogP contribution >= 0.6 is 11.6 Å². The largest absolute Gasteiger partial charge is 0.506 e. The smallest absolute Gasteiger partial charge is 0.165 e. The summed E-state index contributed by atoms with van der Waals surface area (Å²) in [5.41, 5.74) is 0.859. The van der Waals surface area contributed by atoms with Gasteiger partial charge in [-0.05, 0) is 31.8 Å². The Labute approximate surface area is 112 Å².